The molecule has 0 aromatic heterocycles. The van der Waals surface area contributed by atoms with Gasteiger partial charge in [-0.15, -0.1) is 11.8 Å². The largest absolute Gasteiger partial charge is 0.466 e. The summed E-state index contributed by atoms with van der Waals surface area (Å²) in [6.07, 6.45) is 2.46. The van der Waals surface area contributed by atoms with E-state index in [1.807, 2.05) is 19.1 Å². The number of hydrogen-bond donors (Lipinski definition) is 0. The first-order valence-electron chi connectivity index (χ1n) is 7.97. The summed E-state index contributed by atoms with van der Waals surface area (Å²) in [4.78, 5) is 12.5. The Bertz CT molecular complexity index is 640. The average Bonchev–Trinajstić information content (AvgIpc) is 2.44. The standard InChI is InChI=1S/C17H26O5S2/c1-5-21-17(18)9-7-15-6-8-16(12-13(15)2)23-11-10-14(3)22-24(4,19)20/h6,8,12,14H,5,7,9-11H2,1-4H3. The van der Waals surface area contributed by atoms with Gasteiger partial charge >= 0.3 is 5.97 Å². The predicted molar refractivity (Wildman–Crippen MR) is 96.9 cm³/mol. The molecule has 0 spiro atoms. The molecule has 0 aliphatic heterocycles. The SMILES string of the molecule is CCOC(=O)CCc1ccc(SCCC(C)OS(C)(=O)=O)cc1C. The first kappa shape index (κ1) is 21.0. The van der Waals surface area contributed by atoms with Crippen LogP contribution < -0.4 is 0 Å². The van der Waals surface area contributed by atoms with Crippen molar-refractivity contribution in [1.29, 1.82) is 0 Å². The monoisotopic (exact) mass is 374 g/mol. The Hall–Kier alpha value is -1.05. The number of ether oxygens (including phenoxy) is 1. The second kappa shape index (κ2) is 10.1. The molecular formula is C17H26O5S2. The van der Waals surface area contributed by atoms with Crippen LogP contribution in [0.5, 0.6) is 0 Å². The van der Waals surface area contributed by atoms with Gasteiger partial charge in [-0.3, -0.25) is 8.98 Å². The van der Waals surface area contributed by atoms with Crippen LogP contribution in [0.25, 0.3) is 0 Å². The maximum Gasteiger partial charge on any atom is 0.306 e. The molecule has 0 saturated heterocycles. The molecule has 5 nitrogen and oxygen atoms in total. The number of hydrogen-bond acceptors (Lipinski definition) is 6. The number of carbonyl (C=O) groups is 1. The summed E-state index contributed by atoms with van der Waals surface area (Å²) in [5.41, 5.74) is 2.28. The van der Waals surface area contributed by atoms with E-state index in [1.165, 1.54) is 0 Å². The van der Waals surface area contributed by atoms with E-state index in [0.29, 0.717) is 25.9 Å². The Balaban J connectivity index is 2.45. The molecule has 0 amide bonds. The van der Waals surface area contributed by atoms with Gasteiger partial charge < -0.3 is 4.74 Å². The minimum Gasteiger partial charge on any atom is -0.466 e. The fourth-order valence-electron chi connectivity index (χ4n) is 2.20. The lowest BCUT2D eigenvalue weighted by Crippen LogP contribution is -2.14. The van der Waals surface area contributed by atoms with E-state index < -0.39 is 10.1 Å². The Morgan fingerprint density at radius 3 is 2.62 bits per heavy atom. The quantitative estimate of drug-likeness (QED) is 0.355. The topological polar surface area (TPSA) is 69.7 Å². The van der Waals surface area contributed by atoms with Gasteiger partial charge in [-0.25, -0.2) is 0 Å². The number of esters is 1. The molecule has 0 fully saturated rings. The fraction of sp³-hybridized carbons (Fsp3) is 0.588. The van der Waals surface area contributed by atoms with Gasteiger partial charge in [0.15, 0.2) is 0 Å². The summed E-state index contributed by atoms with van der Waals surface area (Å²) in [5, 5.41) is 0. The van der Waals surface area contributed by atoms with Crippen molar-refractivity contribution in [2.24, 2.45) is 0 Å². The van der Waals surface area contributed by atoms with Crippen LogP contribution in [0.1, 0.15) is 37.8 Å². The molecule has 1 rings (SSSR count). The number of carbonyl (C=O) groups excluding carboxylic acids is 1. The highest BCUT2D eigenvalue weighted by molar-refractivity contribution is 7.99. The van der Waals surface area contributed by atoms with E-state index in [1.54, 1.807) is 25.6 Å². The van der Waals surface area contributed by atoms with Gasteiger partial charge in [0.05, 0.1) is 19.0 Å². The van der Waals surface area contributed by atoms with Crippen molar-refractivity contribution in [2.75, 3.05) is 18.6 Å². The first-order valence-corrected chi connectivity index (χ1v) is 10.8. The maximum atomic E-state index is 11.4. The number of benzene rings is 1. The highest BCUT2D eigenvalue weighted by atomic mass is 32.2. The zero-order valence-electron chi connectivity index (χ0n) is 14.7. The number of aryl methyl sites for hydroxylation is 2. The van der Waals surface area contributed by atoms with Crippen LogP contribution in [0.15, 0.2) is 23.1 Å². The highest BCUT2D eigenvalue weighted by Gasteiger charge is 2.10. The third kappa shape index (κ3) is 8.70. The van der Waals surface area contributed by atoms with Crippen LogP contribution in [-0.4, -0.2) is 39.1 Å². The Morgan fingerprint density at radius 1 is 1.33 bits per heavy atom. The highest BCUT2D eigenvalue weighted by Crippen LogP contribution is 2.23. The molecule has 1 atom stereocenters. The molecule has 7 heteroatoms. The van der Waals surface area contributed by atoms with Gasteiger partial charge in [0.2, 0.25) is 0 Å². The lowest BCUT2D eigenvalue weighted by molar-refractivity contribution is -0.143. The zero-order chi connectivity index (χ0) is 18.2. The van der Waals surface area contributed by atoms with E-state index in [-0.39, 0.29) is 12.1 Å². The van der Waals surface area contributed by atoms with Gasteiger partial charge in [-0.1, -0.05) is 6.07 Å². The number of thioether (sulfide) groups is 1. The van der Waals surface area contributed by atoms with E-state index in [2.05, 4.69) is 6.07 Å². The van der Waals surface area contributed by atoms with Crippen LogP contribution >= 0.6 is 11.8 Å². The first-order chi connectivity index (χ1) is 11.2. The van der Waals surface area contributed by atoms with Gasteiger partial charge in [0.1, 0.15) is 0 Å². The third-order valence-corrected chi connectivity index (χ3v) is 5.06. The lowest BCUT2D eigenvalue weighted by Gasteiger charge is -2.11. The summed E-state index contributed by atoms with van der Waals surface area (Å²) in [5.74, 6) is 0.605. The van der Waals surface area contributed by atoms with Crippen molar-refractivity contribution in [1.82, 2.24) is 0 Å². The van der Waals surface area contributed by atoms with Crippen molar-refractivity contribution in [2.45, 2.75) is 51.0 Å². The fourth-order valence-corrected chi connectivity index (χ4v) is 4.00. The van der Waals surface area contributed by atoms with E-state index in [0.717, 1.165) is 28.0 Å². The third-order valence-electron chi connectivity index (χ3n) is 3.35. The zero-order valence-corrected chi connectivity index (χ0v) is 16.3. The van der Waals surface area contributed by atoms with Gasteiger partial charge in [-0.2, -0.15) is 8.42 Å². The Kier molecular flexibility index (Phi) is 8.80. The second-order valence-corrected chi connectivity index (χ2v) is 8.41. The van der Waals surface area contributed by atoms with Gasteiger partial charge in [0.25, 0.3) is 10.1 Å². The predicted octanol–water partition coefficient (Wildman–Crippen LogP) is 3.34. The minimum atomic E-state index is -3.40. The molecule has 0 aliphatic carbocycles. The van der Waals surface area contributed by atoms with E-state index >= 15 is 0 Å². The van der Waals surface area contributed by atoms with Crippen LogP contribution in [0.3, 0.4) is 0 Å². The molecule has 0 radical (unpaired) electrons. The number of rotatable bonds is 10. The summed E-state index contributed by atoms with van der Waals surface area (Å²) < 4.78 is 31.9. The van der Waals surface area contributed by atoms with E-state index in [4.69, 9.17) is 8.92 Å². The molecular weight excluding hydrogens is 348 g/mol. The van der Waals surface area contributed by atoms with Gasteiger partial charge in [0, 0.05) is 17.1 Å². The summed E-state index contributed by atoms with van der Waals surface area (Å²) >= 11 is 1.66. The smallest absolute Gasteiger partial charge is 0.306 e. The molecule has 0 heterocycles. The average molecular weight is 375 g/mol. The van der Waals surface area contributed by atoms with Crippen LogP contribution in [0, 0.1) is 6.92 Å². The van der Waals surface area contributed by atoms with Gasteiger partial charge in [-0.05, 0) is 56.9 Å². The molecule has 1 aromatic carbocycles. The normalized spacial score (nSPS) is 12.8. The van der Waals surface area contributed by atoms with Crippen molar-refractivity contribution >= 4 is 27.8 Å². The maximum absolute atomic E-state index is 11.4. The van der Waals surface area contributed by atoms with E-state index in [9.17, 15) is 13.2 Å². The van der Waals surface area contributed by atoms with Crippen LogP contribution in [0.2, 0.25) is 0 Å². The van der Waals surface area contributed by atoms with Crippen LogP contribution in [-0.2, 0) is 30.3 Å². The molecule has 1 aromatic rings. The van der Waals surface area contributed by atoms with Crippen molar-refractivity contribution in [3.63, 3.8) is 0 Å². The summed E-state index contributed by atoms with van der Waals surface area (Å²) in [7, 11) is -3.40. The molecule has 0 N–H and O–H groups in total. The Morgan fingerprint density at radius 2 is 2.04 bits per heavy atom. The molecule has 136 valence electrons. The minimum absolute atomic E-state index is 0.171. The summed E-state index contributed by atoms with van der Waals surface area (Å²) in [6.45, 7) is 6.00. The Labute approximate surface area is 149 Å². The van der Waals surface area contributed by atoms with Crippen LogP contribution in [0.4, 0.5) is 0 Å². The molecule has 1 unspecified atom stereocenters. The van der Waals surface area contributed by atoms with Crippen molar-refractivity contribution < 1.29 is 22.1 Å². The second-order valence-electron chi connectivity index (χ2n) is 5.64. The molecule has 0 aliphatic rings. The van der Waals surface area contributed by atoms with Crippen molar-refractivity contribution in [3.05, 3.63) is 29.3 Å². The summed E-state index contributed by atoms with van der Waals surface area (Å²) in [6, 6.07) is 6.15. The lowest BCUT2D eigenvalue weighted by atomic mass is 10.0. The van der Waals surface area contributed by atoms with Crippen molar-refractivity contribution in [3.8, 4) is 0 Å². The molecule has 0 saturated carbocycles. The molecule has 0 bridgehead atoms. The molecule has 24 heavy (non-hydrogen) atoms.